The maximum atomic E-state index is 13.9. The molecule has 8 heteroatoms. The molecule has 0 saturated heterocycles. The average Bonchev–Trinajstić information content (AvgIpc) is 3.62. The Hall–Kier alpha value is -2.26. The first-order valence-corrected chi connectivity index (χ1v) is 19.2. The van der Waals surface area contributed by atoms with Gasteiger partial charge in [0.15, 0.2) is 5.76 Å². The predicted molar refractivity (Wildman–Crippen MR) is 180 cm³/mol. The van der Waals surface area contributed by atoms with Crippen LogP contribution in [-0.2, 0) is 16.4 Å². The number of nitrogens with zero attached hydrogens (tertiary/aromatic N) is 1. The van der Waals surface area contributed by atoms with E-state index in [0.717, 1.165) is 42.7 Å². The summed E-state index contributed by atoms with van der Waals surface area (Å²) < 4.78 is 34.0. The van der Waals surface area contributed by atoms with Crippen molar-refractivity contribution in [3.63, 3.8) is 0 Å². The van der Waals surface area contributed by atoms with Gasteiger partial charge in [0.25, 0.3) is 0 Å². The Morgan fingerprint density at radius 2 is 1.87 bits per heavy atom. The molecule has 7 unspecified atom stereocenters. The lowest BCUT2D eigenvalue weighted by Gasteiger charge is -2.60. The molecular formula is C38H53NO6S. The largest absolute Gasteiger partial charge is 0.461 e. The van der Waals surface area contributed by atoms with Crippen molar-refractivity contribution in [2.24, 2.45) is 28.6 Å². The Morgan fingerprint density at radius 1 is 1.09 bits per heavy atom. The molecule has 4 fully saturated rings. The van der Waals surface area contributed by atoms with Gasteiger partial charge in [-0.25, -0.2) is 8.42 Å². The monoisotopic (exact) mass is 651 g/mol. The molecule has 2 N–H and O–H groups in total. The van der Waals surface area contributed by atoms with Crippen molar-refractivity contribution in [3.8, 4) is 0 Å². The van der Waals surface area contributed by atoms with Crippen molar-refractivity contribution < 1.29 is 27.8 Å². The van der Waals surface area contributed by atoms with Gasteiger partial charge < -0.3 is 14.6 Å². The maximum absolute atomic E-state index is 13.9. The fraction of sp³-hybridized carbons (Fsp3) is 0.658. The predicted octanol–water partition coefficient (Wildman–Crippen LogP) is 6.88. The third kappa shape index (κ3) is 6.08. The highest BCUT2D eigenvalue weighted by molar-refractivity contribution is 7.88. The standard InChI is InChI=1S/C38H53NO6S/c1-25-8-6-17-37(4)32(30-15-11-26(20-29(40)14-10-25)21-31(30)35(41)34-9-7-19-45-34)16-18-38(37,42)24-39(46(5,43)44)23-27-12-13-28-22-33(27)36(28,2)3/h7-9,11,15,19,21,27-29,32-33,40,42H,6,10,12-14,16-18,20,22-24H2,1-5H3. The minimum atomic E-state index is -3.59. The van der Waals surface area contributed by atoms with Gasteiger partial charge in [-0.3, -0.25) is 4.79 Å². The highest BCUT2D eigenvalue weighted by atomic mass is 32.2. The third-order valence-electron chi connectivity index (χ3n) is 13.0. The number of allylic oxidation sites excluding steroid dienone is 2. The van der Waals surface area contributed by atoms with Gasteiger partial charge >= 0.3 is 0 Å². The zero-order chi connectivity index (χ0) is 33.1. The van der Waals surface area contributed by atoms with Crippen LogP contribution in [0.15, 0.2) is 52.7 Å². The van der Waals surface area contributed by atoms with E-state index in [1.807, 2.05) is 18.2 Å². The normalized spacial score (nSPS) is 34.4. The molecule has 1 aromatic carbocycles. The average molecular weight is 652 g/mol. The SMILES string of the molecule is CC1=CCCC2(C)C(CCC2(O)CN(CC2CCC3CC2C3(C)C)S(C)(=O)=O)c2ccc(cc2C(=O)c2ccco2)CC(O)CC1. The molecule has 6 aliphatic carbocycles. The first kappa shape index (κ1) is 33.6. The van der Waals surface area contributed by atoms with Gasteiger partial charge in [0.1, 0.15) is 0 Å². The summed E-state index contributed by atoms with van der Waals surface area (Å²) in [6, 6.07) is 9.28. The van der Waals surface area contributed by atoms with Crippen LogP contribution in [-0.4, -0.2) is 59.8 Å². The highest BCUT2D eigenvalue weighted by Gasteiger charge is 2.59. The molecule has 2 aromatic rings. The Bertz CT molecular complexity index is 1580. The summed E-state index contributed by atoms with van der Waals surface area (Å²) in [5, 5.41) is 23.6. The van der Waals surface area contributed by atoms with Crippen molar-refractivity contribution in [1.82, 2.24) is 4.31 Å². The number of aliphatic hydroxyl groups excluding tert-OH is 1. The molecule has 0 radical (unpaired) electrons. The van der Waals surface area contributed by atoms with Gasteiger partial charge in [-0.1, -0.05) is 44.6 Å². The highest BCUT2D eigenvalue weighted by Crippen LogP contribution is 2.62. The Kier molecular flexibility index (Phi) is 9.01. The summed E-state index contributed by atoms with van der Waals surface area (Å²) in [7, 11) is -3.59. The van der Waals surface area contributed by atoms with E-state index >= 15 is 0 Å². The number of carbonyl (C=O) groups excluding carboxylic acids is 1. The second-order valence-electron chi connectivity index (χ2n) is 16.0. The fourth-order valence-corrected chi connectivity index (χ4v) is 10.7. The van der Waals surface area contributed by atoms with Gasteiger partial charge in [0.05, 0.1) is 24.2 Å². The molecular weight excluding hydrogens is 598 g/mol. The van der Waals surface area contributed by atoms with Crippen LogP contribution in [0.1, 0.15) is 119 Å². The molecule has 4 saturated carbocycles. The molecule has 46 heavy (non-hydrogen) atoms. The third-order valence-corrected chi connectivity index (χ3v) is 14.2. The molecule has 252 valence electrons. The number of hydrogen-bond acceptors (Lipinski definition) is 6. The number of carbonyl (C=O) groups is 1. The lowest BCUT2D eigenvalue weighted by atomic mass is 9.45. The van der Waals surface area contributed by atoms with Crippen molar-refractivity contribution in [2.75, 3.05) is 19.3 Å². The number of sulfonamides is 1. The van der Waals surface area contributed by atoms with Crippen molar-refractivity contribution in [3.05, 3.63) is 70.7 Å². The quantitative estimate of drug-likeness (QED) is 0.250. The van der Waals surface area contributed by atoms with Crippen molar-refractivity contribution in [1.29, 1.82) is 0 Å². The number of ketones is 1. The zero-order valence-electron chi connectivity index (χ0n) is 28.3. The zero-order valence-corrected chi connectivity index (χ0v) is 29.1. The van der Waals surface area contributed by atoms with Crippen LogP contribution in [0, 0.1) is 28.6 Å². The van der Waals surface area contributed by atoms with Crippen LogP contribution in [0.25, 0.3) is 0 Å². The van der Waals surface area contributed by atoms with Gasteiger partial charge in [-0.2, -0.15) is 4.31 Å². The molecule has 0 spiro atoms. The summed E-state index contributed by atoms with van der Waals surface area (Å²) in [5.74, 6) is 1.39. The van der Waals surface area contributed by atoms with Crippen molar-refractivity contribution in [2.45, 2.75) is 110 Å². The van der Waals surface area contributed by atoms with Gasteiger partial charge in [0.2, 0.25) is 15.8 Å². The van der Waals surface area contributed by atoms with E-state index in [1.54, 1.807) is 16.4 Å². The van der Waals surface area contributed by atoms with Gasteiger partial charge in [-0.05, 0) is 130 Å². The van der Waals surface area contributed by atoms with Crippen LogP contribution < -0.4 is 0 Å². The summed E-state index contributed by atoms with van der Waals surface area (Å²) >= 11 is 0. The van der Waals surface area contributed by atoms with Crippen molar-refractivity contribution >= 4 is 15.8 Å². The Balaban J connectivity index is 1.39. The second kappa shape index (κ2) is 12.3. The van der Waals surface area contributed by atoms with E-state index in [-0.39, 0.29) is 29.4 Å². The number of hydrogen-bond donors (Lipinski definition) is 2. The van der Waals surface area contributed by atoms with Gasteiger partial charge in [-0.15, -0.1) is 0 Å². The van der Waals surface area contributed by atoms with E-state index in [2.05, 4.69) is 33.8 Å². The molecule has 1 aromatic heterocycles. The first-order chi connectivity index (χ1) is 21.6. The number of fused-ring (bicyclic) bond motifs is 10. The lowest BCUT2D eigenvalue weighted by Crippen LogP contribution is -2.58. The Morgan fingerprint density at radius 3 is 2.54 bits per heavy atom. The van der Waals surface area contributed by atoms with E-state index in [0.29, 0.717) is 56.0 Å². The number of benzene rings is 1. The molecule has 6 aliphatic rings. The minimum Gasteiger partial charge on any atom is -0.461 e. The number of aliphatic hydroxyl groups is 2. The second-order valence-corrected chi connectivity index (χ2v) is 18.0. The molecule has 7 atom stereocenters. The molecule has 4 bridgehead atoms. The van der Waals surface area contributed by atoms with Crippen LogP contribution >= 0.6 is 0 Å². The fourth-order valence-electron chi connectivity index (χ4n) is 9.79. The van der Waals surface area contributed by atoms with Crippen LogP contribution in [0.3, 0.4) is 0 Å². The minimum absolute atomic E-state index is 0.0559. The molecule has 8 rings (SSSR count). The summed E-state index contributed by atoms with van der Waals surface area (Å²) in [6.07, 6.45) is 12.1. The first-order valence-electron chi connectivity index (χ1n) is 17.3. The van der Waals surface area contributed by atoms with Crippen LogP contribution in [0.5, 0.6) is 0 Å². The smallest absolute Gasteiger partial charge is 0.228 e. The molecule has 7 nitrogen and oxygen atoms in total. The van der Waals surface area contributed by atoms with Crippen LogP contribution in [0.2, 0.25) is 0 Å². The van der Waals surface area contributed by atoms with E-state index < -0.39 is 27.1 Å². The lowest BCUT2D eigenvalue weighted by molar-refractivity contribution is -0.114. The number of furan rings is 1. The van der Waals surface area contributed by atoms with Crippen LogP contribution in [0.4, 0.5) is 0 Å². The Labute approximate surface area is 275 Å². The summed E-state index contributed by atoms with van der Waals surface area (Å²) in [5.41, 5.74) is 1.73. The number of rotatable bonds is 7. The van der Waals surface area contributed by atoms with E-state index in [9.17, 15) is 23.4 Å². The van der Waals surface area contributed by atoms with E-state index in [1.165, 1.54) is 24.5 Å². The van der Waals surface area contributed by atoms with E-state index in [4.69, 9.17) is 4.42 Å². The molecule has 1 heterocycles. The summed E-state index contributed by atoms with van der Waals surface area (Å²) in [4.78, 5) is 13.9. The molecule has 0 amide bonds. The summed E-state index contributed by atoms with van der Waals surface area (Å²) in [6.45, 7) is 9.37. The maximum Gasteiger partial charge on any atom is 0.228 e. The van der Waals surface area contributed by atoms with Gasteiger partial charge in [0, 0.05) is 24.1 Å². The topological polar surface area (TPSA) is 108 Å². The molecule has 0 aliphatic heterocycles.